The molecule has 0 atom stereocenters. The highest BCUT2D eigenvalue weighted by atomic mass is 32.1. The molecule has 9 heteroatoms. The lowest BCUT2D eigenvalue weighted by Gasteiger charge is -2.14. The van der Waals surface area contributed by atoms with Gasteiger partial charge in [0.1, 0.15) is 10.6 Å². The SMILES string of the molecule is Cc1cc(OC(F)F)c(C(=O)NCC(F)(F)CN)s1. The van der Waals surface area contributed by atoms with Crippen LogP contribution in [0.2, 0.25) is 0 Å². The zero-order chi connectivity index (χ0) is 14.6. The monoisotopic (exact) mass is 300 g/mol. The third kappa shape index (κ3) is 4.67. The van der Waals surface area contributed by atoms with Crippen LogP contribution < -0.4 is 15.8 Å². The Labute approximate surface area is 110 Å². The molecule has 0 aliphatic rings. The van der Waals surface area contributed by atoms with Crippen molar-refractivity contribution in [1.82, 2.24) is 5.32 Å². The number of ether oxygens (including phenoxy) is 1. The lowest BCUT2D eigenvalue weighted by molar-refractivity contribution is -0.0499. The smallest absolute Gasteiger partial charge is 0.387 e. The molecule has 3 N–H and O–H groups in total. The summed E-state index contributed by atoms with van der Waals surface area (Å²) in [7, 11) is 0. The molecular weight excluding hydrogens is 288 g/mol. The summed E-state index contributed by atoms with van der Waals surface area (Å²) in [6.07, 6.45) is 0. The maximum absolute atomic E-state index is 12.9. The van der Waals surface area contributed by atoms with Crippen LogP contribution in [0.4, 0.5) is 17.6 Å². The molecule has 1 amide bonds. The third-order valence-corrected chi connectivity index (χ3v) is 3.08. The Balaban J connectivity index is 2.76. The molecule has 0 radical (unpaired) electrons. The van der Waals surface area contributed by atoms with Gasteiger partial charge < -0.3 is 15.8 Å². The standard InChI is InChI=1S/C10H12F4N2O2S/c1-5-2-6(18-9(11)12)7(19-5)8(17)16-4-10(13,14)3-15/h2,9H,3-4,15H2,1H3,(H,16,17). The summed E-state index contributed by atoms with van der Waals surface area (Å²) in [6, 6.07) is 1.24. The van der Waals surface area contributed by atoms with Gasteiger partial charge in [0.25, 0.3) is 11.8 Å². The number of amides is 1. The third-order valence-electron chi connectivity index (χ3n) is 2.05. The molecule has 0 saturated heterocycles. The van der Waals surface area contributed by atoms with E-state index in [-0.39, 0.29) is 10.6 Å². The molecular formula is C10H12F4N2O2S. The van der Waals surface area contributed by atoms with E-state index >= 15 is 0 Å². The minimum absolute atomic E-state index is 0.175. The number of aryl methyl sites for hydroxylation is 1. The molecule has 0 fully saturated rings. The van der Waals surface area contributed by atoms with Crippen molar-refractivity contribution in [2.75, 3.05) is 13.1 Å². The first kappa shape index (κ1) is 15.7. The van der Waals surface area contributed by atoms with E-state index in [1.165, 1.54) is 6.07 Å². The lowest BCUT2D eigenvalue weighted by atomic mass is 10.3. The highest BCUT2D eigenvalue weighted by molar-refractivity contribution is 7.14. The highest BCUT2D eigenvalue weighted by Crippen LogP contribution is 2.30. The molecule has 1 aromatic heterocycles. The Hall–Kier alpha value is -1.35. The van der Waals surface area contributed by atoms with Gasteiger partial charge in [-0.1, -0.05) is 0 Å². The van der Waals surface area contributed by atoms with E-state index in [0.29, 0.717) is 4.88 Å². The molecule has 0 spiro atoms. The van der Waals surface area contributed by atoms with E-state index in [4.69, 9.17) is 5.73 Å². The van der Waals surface area contributed by atoms with E-state index in [1.807, 2.05) is 5.32 Å². The molecule has 4 nitrogen and oxygen atoms in total. The van der Waals surface area contributed by atoms with Crippen molar-refractivity contribution in [1.29, 1.82) is 0 Å². The van der Waals surface area contributed by atoms with Crippen LogP contribution in [0.1, 0.15) is 14.5 Å². The molecule has 108 valence electrons. The molecule has 19 heavy (non-hydrogen) atoms. The summed E-state index contributed by atoms with van der Waals surface area (Å²) in [5.41, 5.74) is 4.81. The van der Waals surface area contributed by atoms with E-state index in [2.05, 4.69) is 4.74 Å². The summed E-state index contributed by atoms with van der Waals surface area (Å²) in [5.74, 6) is -4.47. The predicted octanol–water partition coefficient (Wildman–Crippen LogP) is 1.98. The molecule has 0 aliphatic carbocycles. The zero-order valence-electron chi connectivity index (χ0n) is 9.88. The minimum Gasteiger partial charge on any atom is -0.433 e. The fourth-order valence-corrected chi connectivity index (χ4v) is 2.06. The molecule has 0 aliphatic heterocycles. The van der Waals surface area contributed by atoms with Crippen molar-refractivity contribution >= 4 is 17.2 Å². The number of rotatable bonds is 6. The number of alkyl halides is 4. The molecule has 1 rings (SSSR count). The largest absolute Gasteiger partial charge is 0.433 e. The van der Waals surface area contributed by atoms with Gasteiger partial charge in [-0.05, 0) is 13.0 Å². The Morgan fingerprint density at radius 1 is 1.58 bits per heavy atom. The van der Waals surface area contributed by atoms with Crippen LogP contribution in [0.3, 0.4) is 0 Å². The van der Waals surface area contributed by atoms with E-state index < -0.39 is 31.5 Å². The van der Waals surface area contributed by atoms with Crippen molar-refractivity contribution in [2.45, 2.75) is 19.5 Å². The first-order valence-corrected chi connectivity index (χ1v) is 5.98. The van der Waals surface area contributed by atoms with Crippen molar-refractivity contribution in [3.63, 3.8) is 0 Å². The van der Waals surface area contributed by atoms with Crippen LogP contribution in [0, 0.1) is 6.92 Å². The fraction of sp³-hybridized carbons (Fsp3) is 0.500. The highest BCUT2D eigenvalue weighted by Gasteiger charge is 2.28. The number of hydrogen-bond acceptors (Lipinski definition) is 4. The second-order valence-electron chi connectivity index (χ2n) is 3.67. The predicted molar refractivity (Wildman–Crippen MR) is 62.0 cm³/mol. The van der Waals surface area contributed by atoms with Gasteiger partial charge in [0, 0.05) is 4.88 Å². The summed E-state index contributed by atoms with van der Waals surface area (Å²) < 4.78 is 54.1. The van der Waals surface area contributed by atoms with Crippen LogP contribution in [-0.4, -0.2) is 31.5 Å². The Bertz CT molecular complexity index is 451. The summed E-state index contributed by atoms with van der Waals surface area (Å²) >= 11 is 0.876. The second-order valence-corrected chi connectivity index (χ2v) is 4.93. The normalized spacial score (nSPS) is 11.7. The fourth-order valence-electron chi connectivity index (χ4n) is 1.19. The molecule has 0 aromatic carbocycles. The van der Waals surface area contributed by atoms with Crippen LogP contribution in [0.15, 0.2) is 6.07 Å². The maximum Gasteiger partial charge on any atom is 0.387 e. The number of nitrogens with two attached hydrogens (primary N) is 1. The molecule has 0 unspecified atom stereocenters. The topological polar surface area (TPSA) is 64.3 Å². The van der Waals surface area contributed by atoms with E-state index in [9.17, 15) is 22.4 Å². The first-order valence-electron chi connectivity index (χ1n) is 5.16. The van der Waals surface area contributed by atoms with Gasteiger partial charge in [-0.25, -0.2) is 8.78 Å². The quantitative estimate of drug-likeness (QED) is 0.790. The minimum atomic E-state index is -3.24. The molecule has 0 bridgehead atoms. The van der Waals surface area contributed by atoms with E-state index in [1.54, 1.807) is 6.92 Å². The molecule has 0 saturated carbocycles. The Kier molecular flexibility index (Phi) is 5.12. The van der Waals surface area contributed by atoms with Gasteiger partial charge in [-0.3, -0.25) is 4.79 Å². The molecule has 1 aromatic rings. The average molecular weight is 300 g/mol. The van der Waals surface area contributed by atoms with Gasteiger partial charge in [-0.15, -0.1) is 11.3 Å². The van der Waals surface area contributed by atoms with Crippen molar-refractivity contribution < 1.29 is 27.1 Å². The number of carbonyl (C=O) groups excluding carboxylic acids is 1. The van der Waals surface area contributed by atoms with Crippen molar-refractivity contribution in [2.24, 2.45) is 5.73 Å². The summed E-state index contributed by atoms with van der Waals surface area (Å²) in [4.78, 5) is 12.0. The van der Waals surface area contributed by atoms with Crippen molar-refractivity contribution in [3.8, 4) is 5.75 Å². The second kappa shape index (κ2) is 6.20. The van der Waals surface area contributed by atoms with Gasteiger partial charge in [0.2, 0.25) is 0 Å². The summed E-state index contributed by atoms with van der Waals surface area (Å²) in [6.45, 7) is -3.40. The van der Waals surface area contributed by atoms with Crippen LogP contribution in [0.25, 0.3) is 0 Å². The van der Waals surface area contributed by atoms with Crippen LogP contribution in [0.5, 0.6) is 5.75 Å². The summed E-state index contributed by atoms with van der Waals surface area (Å²) in [5, 5.41) is 1.93. The maximum atomic E-state index is 12.9. The number of nitrogens with one attached hydrogen (secondary N) is 1. The zero-order valence-corrected chi connectivity index (χ0v) is 10.7. The van der Waals surface area contributed by atoms with Crippen LogP contribution >= 0.6 is 11.3 Å². The molecule has 1 heterocycles. The van der Waals surface area contributed by atoms with Gasteiger partial charge >= 0.3 is 6.61 Å². The number of halogens is 4. The van der Waals surface area contributed by atoms with E-state index in [0.717, 1.165) is 11.3 Å². The Morgan fingerprint density at radius 2 is 2.21 bits per heavy atom. The number of thiophene rings is 1. The first-order chi connectivity index (χ1) is 8.75. The van der Waals surface area contributed by atoms with Crippen LogP contribution in [-0.2, 0) is 0 Å². The van der Waals surface area contributed by atoms with Gasteiger partial charge in [0.15, 0.2) is 0 Å². The van der Waals surface area contributed by atoms with Crippen molar-refractivity contribution in [3.05, 3.63) is 15.8 Å². The lowest BCUT2D eigenvalue weighted by Crippen LogP contribution is -2.41. The van der Waals surface area contributed by atoms with Gasteiger partial charge in [0.05, 0.1) is 13.1 Å². The number of carbonyl (C=O) groups is 1. The number of hydrogen-bond donors (Lipinski definition) is 2. The van der Waals surface area contributed by atoms with Gasteiger partial charge in [-0.2, -0.15) is 8.78 Å². The average Bonchev–Trinajstić information content (AvgIpc) is 2.66. The Morgan fingerprint density at radius 3 is 2.74 bits per heavy atom.